The monoisotopic (exact) mass is 225 g/mol. The minimum Gasteiger partial charge on any atom is -0.369 e. The fourth-order valence-electron chi connectivity index (χ4n) is 4.02. The van der Waals surface area contributed by atoms with Gasteiger partial charge in [0.1, 0.15) is 0 Å². The summed E-state index contributed by atoms with van der Waals surface area (Å²) in [6.45, 7) is 8.83. The lowest BCUT2D eigenvalue weighted by Gasteiger charge is -2.43. The van der Waals surface area contributed by atoms with Crippen LogP contribution in [0.4, 0.5) is 0 Å². The summed E-state index contributed by atoms with van der Waals surface area (Å²) < 4.78 is 6.19. The molecule has 2 nitrogen and oxygen atoms in total. The standard InChI is InChI=1S/C14H27NO/c1-12(2)10-11(13(3,4)16-12)14(15)8-6-5-7-9-14/h11H,5-10,15H2,1-4H3. The predicted octanol–water partition coefficient (Wildman–Crippen LogP) is 3.24. The zero-order chi connectivity index (χ0) is 12.0. The molecule has 2 N–H and O–H groups in total. The highest BCUT2D eigenvalue weighted by Crippen LogP contribution is 2.49. The van der Waals surface area contributed by atoms with E-state index < -0.39 is 0 Å². The molecule has 1 atom stereocenters. The van der Waals surface area contributed by atoms with Crippen molar-refractivity contribution < 1.29 is 4.74 Å². The van der Waals surface area contributed by atoms with E-state index in [-0.39, 0.29) is 16.7 Å². The maximum atomic E-state index is 6.68. The van der Waals surface area contributed by atoms with E-state index in [4.69, 9.17) is 10.5 Å². The molecule has 0 aromatic heterocycles. The lowest BCUT2D eigenvalue weighted by Crippen LogP contribution is -2.54. The Labute approximate surface area is 99.9 Å². The van der Waals surface area contributed by atoms with Crippen LogP contribution in [0.3, 0.4) is 0 Å². The first kappa shape index (κ1) is 12.4. The second-order valence-electron chi connectivity index (χ2n) is 7.02. The summed E-state index contributed by atoms with van der Waals surface area (Å²) in [4.78, 5) is 0. The van der Waals surface area contributed by atoms with Gasteiger partial charge in [-0.15, -0.1) is 0 Å². The highest BCUT2D eigenvalue weighted by Gasteiger charge is 2.53. The third-order valence-corrected chi connectivity index (χ3v) is 4.55. The Hall–Kier alpha value is -0.0800. The zero-order valence-corrected chi connectivity index (χ0v) is 11.3. The minimum absolute atomic E-state index is 0.00200. The summed E-state index contributed by atoms with van der Waals surface area (Å²) in [5, 5.41) is 0. The summed E-state index contributed by atoms with van der Waals surface area (Å²) in [5.41, 5.74) is 6.64. The van der Waals surface area contributed by atoms with Crippen molar-refractivity contribution in [3.63, 3.8) is 0 Å². The van der Waals surface area contributed by atoms with E-state index in [0.717, 1.165) is 6.42 Å². The first-order chi connectivity index (χ1) is 7.25. The lowest BCUT2D eigenvalue weighted by atomic mass is 9.66. The van der Waals surface area contributed by atoms with Gasteiger partial charge in [-0.1, -0.05) is 19.3 Å². The predicted molar refractivity (Wildman–Crippen MR) is 67.4 cm³/mol. The van der Waals surface area contributed by atoms with E-state index >= 15 is 0 Å². The maximum Gasteiger partial charge on any atom is 0.0680 e. The van der Waals surface area contributed by atoms with Crippen molar-refractivity contribution in [1.29, 1.82) is 0 Å². The quantitative estimate of drug-likeness (QED) is 0.743. The van der Waals surface area contributed by atoms with Gasteiger partial charge < -0.3 is 10.5 Å². The van der Waals surface area contributed by atoms with Crippen LogP contribution in [-0.2, 0) is 4.74 Å². The van der Waals surface area contributed by atoms with Crippen molar-refractivity contribution in [2.24, 2.45) is 11.7 Å². The number of hydrogen-bond donors (Lipinski definition) is 1. The number of hydrogen-bond acceptors (Lipinski definition) is 2. The second kappa shape index (κ2) is 3.71. The van der Waals surface area contributed by atoms with Crippen molar-refractivity contribution >= 4 is 0 Å². The molecule has 94 valence electrons. The van der Waals surface area contributed by atoms with Gasteiger partial charge in [0.25, 0.3) is 0 Å². The molecule has 0 aromatic carbocycles. The van der Waals surface area contributed by atoms with Crippen molar-refractivity contribution in [2.75, 3.05) is 0 Å². The van der Waals surface area contributed by atoms with Crippen LogP contribution in [0.25, 0.3) is 0 Å². The van der Waals surface area contributed by atoms with E-state index in [0.29, 0.717) is 5.92 Å². The lowest BCUT2D eigenvalue weighted by molar-refractivity contribution is -0.0839. The molecule has 1 saturated heterocycles. The Balaban J connectivity index is 2.19. The molecule has 2 heteroatoms. The van der Waals surface area contributed by atoms with Crippen LogP contribution in [0.2, 0.25) is 0 Å². The zero-order valence-electron chi connectivity index (χ0n) is 11.3. The molecule has 1 unspecified atom stereocenters. The van der Waals surface area contributed by atoms with Crippen LogP contribution in [0.15, 0.2) is 0 Å². The van der Waals surface area contributed by atoms with Crippen LogP contribution in [-0.4, -0.2) is 16.7 Å². The molecule has 1 aliphatic carbocycles. The van der Waals surface area contributed by atoms with Gasteiger partial charge in [0.15, 0.2) is 0 Å². The van der Waals surface area contributed by atoms with E-state index in [1.807, 2.05) is 0 Å². The Morgan fingerprint density at radius 3 is 2.00 bits per heavy atom. The third-order valence-electron chi connectivity index (χ3n) is 4.55. The summed E-state index contributed by atoms with van der Waals surface area (Å²) >= 11 is 0. The van der Waals surface area contributed by atoms with Crippen LogP contribution in [0.1, 0.15) is 66.2 Å². The number of nitrogens with two attached hydrogens (primary N) is 1. The molecule has 1 aliphatic heterocycles. The molecule has 2 rings (SSSR count). The molecule has 1 saturated carbocycles. The average Bonchev–Trinajstić information content (AvgIpc) is 2.36. The Kier molecular flexibility index (Phi) is 2.87. The van der Waals surface area contributed by atoms with Gasteiger partial charge in [-0.05, 0) is 47.0 Å². The molecule has 16 heavy (non-hydrogen) atoms. The van der Waals surface area contributed by atoms with Gasteiger partial charge in [0.05, 0.1) is 11.2 Å². The van der Waals surface area contributed by atoms with Gasteiger partial charge in [-0.25, -0.2) is 0 Å². The Morgan fingerprint density at radius 2 is 1.56 bits per heavy atom. The highest BCUT2D eigenvalue weighted by molar-refractivity contribution is 5.06. The maximum absolute atomic E-state index is 6.68. The molecule has 1 heterocycles. The largest absolute Gasteiger partial charge is 0.369 e. The summed E-state index contributed by atoms with van der Waals surface area (Å²) in [7, 11) is 0. The minimum atomic E-state index is -0.0599. The number of ether oxygens (including phenoxy) is 1. The average molecular weight is 225 g/mol. The highest BCUT2D eigenvalue weighted by atomic mass is 16.5. The molecule has 2 aliphatic rings. The summed E-state index contributed by atoms with van der Waals surface area (Å²) in [6, 6.07) is 0. The van der Waals surface area contributed by atoms with Crippen molar-refractivity contribution in [1.82, 2.24) is 0 Å². The topological polar surface area (TPSA) is 35.2 Å². The van der Waals surface area contributed by atoms with E-state index in [1.54, 1.807) is 0 Å². The fourth-order valence-corrected chi connectivity index (χ4v) is 4.02. The summed E-state index contributed by atoms with van der Waals surface area (Å²) in [6.07, 6.45) is 7.42. The van der Waals surface area contributed by atoms with Crippen LogP contribution >= 0.6 is 0 Å². The molecule has 0 bridgehead atoms. The van der Waals surface area contributed by atoms with Gasteiger partial charge >= 0.3 is 0 Å². The van der Waals surface area contributed by atoms with Crippen LogP contribution < -0.4 is 5.73 Å². The van der Waals surface area contributed by atoms with Gasteiger partial charge in [-0.2, -0.15) is 0 Å². The molecule has 0 radical (unpaired) electrons. The van der Waals surface area contributed by atoms with Gasteiger partial charge in [0, 0.05) is 11.5 Å². The molecular weight excluding hydrogens is 198 g/mol. The van der Waals surface area contributed by atoms with E-state index in [1.165, 1.54) is 32.1 Å². The number of rotatable bonds is 1. The van der Waals surface area contributed by atoms with Gasteiger partial charge in [0.2, 0.25) is 0 Å². The first-order valence-electron chi connectivity index (χ1n) is 6.74. The van der Waals surface area contributed by atoms with Crippen molar-refractivity contribution in [2.45, 2.75) is 83.0 Å². The smallest absolute Gasteiger partial charge is 0.0680 e. The second-order valence-corrected chi connectivity index (χ2v) is 7.02. The molecule has 0 amide bonds. The van der Waals surface area contributed by atoms with E-state index in [9.17, 15) is 0 Å². The Morgan fingerprint density at radius 1 is 1.00 bits per heavy atom. The molecule has 2 fully saturated rings. The molecule has 0 spiro atoms. The third kappa shape index (κ3) is 2.14. The van der Waals surface area contributed by atoms with Gasteiger partial charge in [-0.3, -0.25) is 0 Å². The molecule has 0 aromatic rings. The van der Waals surface area contributed by atoms with Crippen molar-refractivity contribution in [3.05, 3.63) is 0 Å². The van der Waals surface area contributed by atoms with Crippen LogP contribution in [0, 0.1) is 5.92 Å². The van der Waals surface area contributed by atoms with E-state index in [2.05, 4.69) is 27.7 Å². The Bertz CT molecular complexity index is 264. The first-order valence-corrected chi connectivity index (χ1v) is 6.74. The normalized spacial score (nSPS) is 36.2. The van der Waals surface area contributed by atoms with Crippen molar-refractivity contribution in [3.8, 4) is 0 Å². The van der Waals surface area contributed by atoms with Crippen LogP contribution in [0.5, 0.6) is 0 Å². The SMILES string of the molecule is CC1(C)CC(C2(N)CCCCC2)C(C)(C)O1. The molecular formula is C14H27NO. The summed E-state index contributed by atoms with van der Waals surface area (Å²) in [5.74, 6) is 0.510. The fraction of sp³-hybridized carbons (Fsp3) is 1.00.